The predicted octanol–water partition coefficient (Wildman–Crippen LogP) is 12.5. The number of hydrogen-bond acceptors (Lipinski definition) is 7. The third kappa shape index (κ3) is 12.2. The molecule has 8 heteroatoms. The average molecular weight is 733 g/mol. The van der Waals surface area contributed by atoms with Gasteiger partial charge in [-0.1, -0.05) is 98.8 Å². The molecule has 4 aromatic carbocycles. The summed E-state index contributed by atoms with van der Waals surface area (Å²) < 4.78 is 38.1. The maximum atomic E-state index is 11.7. The van der Waals surface area contributed by atoms with Gasteiger partial charge in [-0.3, -0.25) is 0 Å². The Balaban J connectivity index is 2.02. The molecule has 0 bridgehead atoms. The number of hydrogen-bond donors (Lipinski definition) is 1. The summed E-state index contributed by atoms with van der Waals surface area (Å²) in [5.41, 5.74) is 0. The van der Waals surface area contributed by atoms with E-state index in [1.165, 1.54) is 0 Å². The molecule has 0 radical (unpaired) electrons. The zero-order valence-corrected chi connectivity index (χ0v) is 33.1. The van der Waals surface area contributed by atoms with E-state index < -0.39 is 12.6 Å². The van der Waals surface area contributed by atoms with Crippen LogP contribution < -0.4 is 28.4 Å². The lowest BCUT2D eigenvalue weighted by molar-refractivity contribution is -0.139. The fourth-order valence-corrected chi connectivity index (χ4v) is 6.50. The molecule has 4 rings (SSSR count). The lowest BCUT2D eigenvalue weighted by Gasteiger charge is -2.20. The van der Waals surface area contributed by atoms with E-state index in [-0.39, 0.29) is 0 Å². The van der Waals surface area contributed by atoms with Gasteiger partial charge < -0.3 is 33.5 Å². The Morgan fingerprint density at radius 3 is 0.774 bits per heavy atom. The molecule has 0 saturated heterocycles. The van der Waals surface area contributed by atoms with Crippen molar-refractivity contribution in [1.82, 2.24) is 0 Å². The van der Waals surface area contributed by atoms with Gasteiger partial charge in [0.2, 0.25) is 0 Å². The largest absolute Gasteiger partial charge is 0.490 e. The molecule has 0 unspecified atom stereocenters. The van der Waals surface area contributed by atoms with Crippen molar-refractivity contribution in [2.24, 2.45) is 0 Å². The fourth-order valence-electron chi connectivity index (χ4n) is 6.50. The summed E-state index contributed by atoms with van der Waals surface area (Å²) in [5.74, 6) is 2.74. The first-order chi connectivity index (χ1) is 25.9. The Kier molecular flexibility index (Phi) is 18.0. The molecule has 0 atom stereocenters. The van der Waals surface area contributed by atoms with E-state index >= 15 is 0 Å². The highest BCUT2D eigenvalue weighted by molar-refractivity contribution is 6.26. The zero-order valence-electron chi connectivity index (χ0n) is 33.1. The zero-order chi connectivity index (χ0) is 37.8. The number of benzene rings is 4. The lowest BCUT2D eigenvalue weighted by Crippen LogP contribution is -2.10. The van der Waals surface area contributed by atoms with Gasteiger partial charge in [-0.2, -0.15) is 0 Å². The van der Waals surface area contributed by atoms with Gasteiger partial charge in [-0.05, 0) is 101 Å². The van der Waals surface area contributed by atoms with Gasteiger partial charge in [-0.15, -0.1) is 0 Å². The Labute approximate surface area is 317 Å². The summed E-state index contributed by atoms with van der Waals surface area (Å²) in [7, 11) is 0. The number of carboxylic acids is 1. The fraction of sp³-hybridized carbons (Fsp3) is 0.578. The van der Waals surface area contributed by atoms with Gasteiger partial charge in [0.25, 0.3) is 0 Å². The molecular formula is C45H64O8. The molecule has 0 aromatic heterocycles. The highest BCUT2D eigenvalue weighted by atomic mass is 16.5. The van der Waals surface area contributed by atoms with Crippen molar-refractivity contribution in [2.45, 2.75) is 131 Å². The summed E-state index contributed by atoms with van der Waals surface area (Å²) in [6, 6.07) is 12.3. The van der Waals surface area contributed by atoms with Gasteiger partial charge in [0.05, 0.1) is 33.0 Å². The van der Waals surface area contributed by atoms with E-state index in [4.69, 9.17) is 28.4 Å². The number of carboxylic acid groups (broad SMARTS) is 1. The summed E-state index contributed by atoms with van der Waals surface area (Å²) in [5, 5.41) is 15.3. The van der Waals surface area contributed by atoms with E-state index in [0.29, 0.717) is 61.8 Å². The molecule has 0 aliphatic carbocycles. The van der Waals surface area contributed by atoms with Crippen LogP contribution in [0, 0.1) is 0 Å². The van der Waals surface area contributed by atoms with Crippen molar-refractivity contribution >= 4 is 38.3 Å². The van der Waals surface area contributed by atoms with Crippen LogP contribution in [0.1, 0.15) is 131 Å². The number of carbonyl (C=O) groups is 1. The molecule has 53 heavy (non-hydrogen) atoms. The maximum absolute atomic E-state index is 11.7. The molecule has 0 amide bonds. The van der Waals surface area contributed by atoms with Crippen molar-refractivity contribution in [2.75, 3.05) is 39.6 Å². The third-order valence-electron chi connectivity index (χ3n) is 9.50. The topological polar surface area (TPSA) is 92.7 Å². The molecule has 0 spiro atoms. The highest BCUT2D eigenvalue weighted by Gasteiger charge is 2.21. The molecule has 1 N–H and O–H groups in total. The standard InChI is InChI=1S/C45H64O8/c1-6-11-16-21-48-39-26-33-34-27-40(49-22-17-12-7-2)42(51-24-19-14-9-4)29-36(34)38-31-44(53-32-45(46)47)43(52-25-20-15-10-5)30-37(38)35(33)28-41(39)50-23-18-13-8-3/h26-31H,6-25,32H2,1-5H3,(H,46,47). The second-order valence-corrected chi connectivity index (χ2v) is 14.0. The van der Waals surface area contributed by atoms with E-state index in [9.17, 15) is 9.90 Å². The van der Waals surface area contributed by atoms with Crippen LogP contribution in [-0.2, 0) is 4.79 Å². The Morgan fingerprint density at radius 2 is 0.585 bits per heavy atom. The van der Waals surface area contributed by atoms with Crippen molar-refractivity contribution in [3.63, 3.8) is 0 Å². The monoisotopic (exact) mass is 732 g/mol. The summed E-state index contributed by atoms with van der Waals surface area (Å²) in [6.07, 6.45) is 15.6. The van der Waals surface area contributed by atoms with Crippen LogP contribution in [0.2, 0.25) is 0 Å². The minimum atomic E-state index is -1.05. The van der Waals surface area contributed by atoms with Crippen molar-refractivity contribution in [3.8, 4) is 34.5 Å². The first kappa shape index (κ1) is 41.7. The molecule has 0 heterocycles. The van der Waals surface area contributed by atoms with E-state index in [1.807, 2.05) is 12.1 Å². The second kappa shape index (κ2) is 22.9. The average Bonchev–Trinajstić information content (AvgIpc) is 3.16. The Bertz CT molecular complexity index is 1670. The number of unbranched alkanes of at least 4 members (excludes halogenated alkanes) is 10. The molecular weight excluding hydrogens is 668 g/mol. The minimum absolute atomic E-state index is 0.397. The van der Waals surface area contributed by atoms with E-state index in [1.54, 1.807) is 0 Å². The molecule has 292 valence electrons. The van der Waals surface area contributed by atoms with Crippen LogP contribution in [0.15, 0.2) is 36.4 Å². The first-order valence-corrected chi connectivity index (χ1v) is 20.5. The number of aliphatic carboxylic acids is 1. The van der Waals surface area contributed by atoms with E-state index in [2.05, 4.69) is 58.9 Å². The van der Waals surface area contributed by atoms with Crippen LogP contribution in [0.3, 0.4) is 0 Å². The SMILES string of the molecule is CCCCCOc1cc2c3cc(OCCCCC)c(OCCCCC)cc3c3cc(OCC(=O)O)c(OCCCCC)cc3c2cc1OCCCCC. The number of ether oxygens (including phenoxy) is 6. The van der Waals surface area contributed by atoms with Crippen LogP contribution in [0.25, 0.3) is 32.3 Å². The van der Waals surface area contributed by atoms with Crippen molar-refractivity contribution in [3.05, 3.63) is 36.4 Å². The van der Waals surface area contributed by atoms with Gasteiger partial charge in [0.1, 0.15) is 0 Å². The highest BCUT2D eigenvalue weighted by Crippen LogP contribution is 2.47. The Morgan fingerprint density at radius 1 is 0.377 bits per heavy atom. The predicted molar refractivity (Wildman–Crippen MR) is 217 cm³/mol. The van der Waals surface area contributed by atoms with Crippen LogP contribution in [0.4, 0.5) is 0 Å². The van der Waals surface area contributed by atoms with Crippen LogP contribution in [0.5, 0.6) is 34.5 Å². The van der Waals surface area contributed by atoms with Gasteiger partial charge in [0, 0.05) is 0 Å². The molecule has 0 aliphatic heterocycles. The molecule has 4 aromatic rings. The molecule has 0 saturated carbocycles. The smallest absolute Gasteiger partial charge is 0.341 e. The third-order valence-corrected chi connectivity index (χ3v) is 9.50. The molecule has 0 fully saturated rings. The van der Waals surface area contributed by atoms with E-state index in [0.717, 1.165) is 134 Å². The summed E-state index contributed by atoms with van der Waals surface area (Å²) in [4.78, 5) is 11.7. The van der Waals surface area contributed by atoms with Crippen LogP contribution in [-0.4, -0.2) is 50.7 Å². The van der Waals surface area contributed by atoms with Crippen molar-refractivity contribution < 1.29 is 38.3 Å². The van der Waals surface area contributed by atoms with Gasteiger partial charge in [-0.25, -0.2) is 4.79 Å². The van der Waals surface area contributed by atoms with Crippen molar-refractivity contribution in [1.29, 1.82) is 0 Å². The summed E-state index contributed by atoms with van der Waals surface area (Å²) >= 11 is 0. The van der Waals surface area contributed by atoms with Gasteiger partial charge >= 0.3 is 5.97 Å². The maximum Gasteiger partial charge on any atom is 0.341 e. The Hall–Kier alpha value is -4.07. The number of rotatable bonds is 28. The number of fused-ring (bicyclic) bond motifs is 6. The second-order valence-electron chi connectivity index (χ2n) is 14.0. The van der Waals surface area contributed by atoms with Gasteiger partial charge in [0.15, 0.2) is 41.1 Å². The first-order valence-electron chi connectivity index (χ1n) is 20.5. The van der Waals surface area contributed by atoms with Crippen LogP contribution >= 0.6 is 0 Å². The minimum Gasteiger partial charge on any atom is -0.490 e. The quantitative estimate of drug-likeness (QED) is 0.0456. The molecule has 8 nitrogen and oxygen atoms in total. The normalized spacial score (nSPS) is 11.3. The molecule has 0 aliphatic rings. The summed E-state index contributed by atoms with van der Waals surface area (Å²) in [6.45, 7) is 13.3. The lowest BCUT2D eigenvalue weighted by atomic mass is 9.93.